The Balaban J connectivity index is 2.58. The molecule has 0 spiro atoms. The van der Waals surface area contributed by atoms with Gasteiger partial charge in [0.15, 0.2) is 0 Å². The molecule has 1 aliphatic heterocycles. The second-order valence-corrected chi connectivity index (χ2v) is 3.39. The van der Waals surface area contributed by atoms with E-state index in [0.29, 0.717) is 6.42 Å². The molecule has 1 rings (SSSR count). The van der Waals surface area contributed by atoms with Gasteiger partial charge in [0.05, 0.1) is 0 Å². The van der Waals surface area contributed by atoms with Crippen molar-refractivity contribution in [3.8, 4) is 0 Å². The highest BCUT2D eigenvalue weighted by atomic mass is 19.4. The molecule has 1 aliphatic rings. The van der Waals surface area contributed by atoms with Crippen LogP contribution in [0.15, 0.2) is 5.10 Å². The van der Waals surface area contributed by atoms with Gasteiger partial charge in [0.2, 0.25) is 0 Å². The van der Waals surface area contributed by atoms with E-state index in [1.165, 1.54) is 0 Å². The lowest BCUT2D eigenvalue weighted by Crippen LogP contribution is -2.46. The van der Waals surface area contributed by atoms with Gasteiger partial charge in [-0.3, -0.25) is 10.3 Å². The van der Waals surface area contributed by atoms with Gasteiger partial charge in [-0.05, 0) is 12.3 Å². The van der Waals surface area contributed by atoms with Crippen LogP contribution in [-0.2, 0) is 0 Å². The molecule has 0 aliphatic carbocycles. The van der Waals surface area contributed by atoms with Crippen LogP contribution in [0, 0.1) is 5.92 Å². The van der Waals surface area contributed by atoms with Gasteiger partial charge in [-0.15, -0.1) is 13.2 Å². The Bertz CT molecular complexity index is 200. The molecule has 0 saturated carbocycles. The first-order chi connectivity index (χ1) is 5.91. The first kappa shape index (κ1) is 10.1. The van der Waals surface area contributed by atoms with Crippen LogP contribution in [0.4, 0.5) is 13.2 Å². The summed E-state index contributed by atoms with van der Waals surface area (Å²) in [4.78, 5) is 0.285. The smallest absolute Gasteiger partial charge is 0.286 e. The summed E-state index contributed by atoms with van der Waals surface area (Å²) < 4.78 is 36.8. The highest BCUT2D eigenvalue weighted by Crippen LogP contribution is 2.25. The minimum atomic E-state index is -4.34. The van der Waals surface area contributed by atoms with Crippen LogP contribution in [0.1, 0.15) is 20.3 Å². The molecule has 0 fully saturated rings. The van der Waals surface area contributed by atoms with Crippen molar-refractivity contribution in [1.82, 2.24) is 10.3 Å². The molecule has 13 heavy (non-hydrogen) atoms. The number of hydrogen-bond donors (Lipinski definition) is 1. The Morgan fingerprint density at radius 1 is 1.54 bits per heavy atom. The normalized spacial score (nSPS) is 22.6. The van der Waals surface area contributed by atoms with Crippen molar-refractivity contribution in [3.63, 3.8) is 0 Å². The average Bonchev–Trinajstić information content (AvgIpc) is 2.31. The topological polar surface area (TPSA) is 27.6 Å². The number of hydrazone groups is 1. The quantitative estimate of drug-likeness (QED) is 0.679. The lowest BCUT2D eigenvalue weighted by atomic mass is 10.1. The summed E-state index contributed by atoms with van der Waals surface area (Å²) in [6.45, 7) is 3.74. The fraction of sp³-hybridized carbons (Fsp3) is 0.857. The number of nitrogens with zero attached hydrogens (tertiary/aromatic N) is 2. The number of alkyl halides is 3. The van der Waals surface area contributed by atoms with Crippen LogP contribution in [0.25, 0.3) is 0 Å². The molecule has 0 saturated heterocycles. The minimum absolute atomic E-state index is 0.198. The Morgan fingerprint density at radius 2 is 2.15 bits per heavy atom. The van der Waals surface area contributed by atoms with E-state index in [1.807, 2.05) is 13.8 Å². The summed E-state index contributed by atoms with van der Waals surface area (Å²) in [5, 5.41) is 3.40. The van der Waals surface area contributed by atoms with Crippen molar-refractivity contribution in [2.24, 2.45) is 11.0 Å². The molecule has 1 atom stereocenters. The zero-order valence-electron chi connectivity index (χ0n) is 7.47. The molecule has 0 aromatic carbocycles. The summed E-state index contributed by atoms with van der Waals surface area (Å²) >= 11 is 0. The first-order valence-electron chi connectivity index (χ1n) is 4.05. The first-order valence-corrected chi connectivity index (χ1v) is 4.05. The van der Waals surface area contributed by atoms with Crippen molar-refractivity contribution < 1.29 is 13.2 Å². The van der Waals surface area contributed by atoms with Crippen LogP contribution >= 0.6 is 0 Å². The third-order valence-electron chi connectivity index (χ3n) is 1.73. The van der Waals surface area contributed by atoms with Gasteiger partial charge < -0.3 is 0 Å². The molecule has 1 unspecified atom stereocenters. The molecule has 0 radical (unpaired) electrons. The molecular weight excluding hydrogens is 183 g/mol. The van der Waals surface area contributed by atoms with E-state index in [0.717, 1.165) is 6.34 Å². The molecule has 76 valence electrons. The van der Waals surface area contributed by atoms with Gasteiger partial charge in [-0.1, -0.05) is 13.8 Å². The van der Waals surface area contributed by atoms with E-state index >= 15 is 0 Å². The van der Waals surface area contributed by atoms with E-state index in [9.17, 15) is 13.2 Å². The van der Waals surface area contributed by atoms with E-state index in [1.54, 1.807) is 0 Å². The Morgan fingerprint density at radius 3 is 2.62 bits per heavy atom. The molecule has 0 amide bonds. The van der Waals surface area contributed by atoms with E-state index in [4.69, 9.17) is 0 Å². The van der Waals surface area contributed by atoms with Gasteiger partial charge in [0.1, 0.15) is 12.5 Å². The Labute approximate surface area is 74.6 Å². The van der Waals surface area contributed by atoms with Crippen LogP contribution < -0.4 is 5.43 Å². The van der Waals surface area contributed by atoms with E-state index in [2.05, 4.69) is 10.5 Å². The Hall–Kier alpha value is -0.940. The monoisotopic (exact) mass is 195 g/mol. The van der Waals surface area contributed by atoms with Gasteiger partial charge in [-0.2, -0.15) is 5.10 Å². The summed E-state index contributed by atoms with van der Waals surface area (Å²) in [5.74, 6) is 0.198. The number of rotatable bonds is 2. The molecule has 0 aromatic heterocycles. The molecule has 0 bridgehead atoms. The second-order valence-electron chi connectivity index (χ2n) is 3.39. The van der Waals surface area contributed by atoms with Gasteiger partial charge in [-0.25, -0.2) is 0 Å². The zero-order chi connectivity index (χ0) is 10.1. The summed E-state index contributed by atoms with van der Waals surface area (Å²) in [7, 11) is 0. The highest BCUT2D eigenvalue weighted by Gasteiger charge is 2.42. The number of nitrogens with one attached hydrogen (secondary N) is 1. The number of halogens is 3. The predicted octanol–water partition coefficient (Wildman–Crippen LogP) is 1.73. The summed E-state index contributed by atoms with van der Waals surface area (Å²) in [6, 6.07) is 0. The van der Waals surface area contributed by atoms with Crippen molar-refractivity contribution in [2.75, 3.05) is 0 Å². The Kier molecular flexibility index (Phi) is 2.68. The SMILES string of the molecule is CC(C)CC1NN=CN1C(F)(F)F. The van der Waals surface area contributed by atoms with Crippen molar-refractivity contribution >= 4 is 6.34 Å². The maximum absolute atomic E-state index is 12.3. The fourth-order valence-electron chi connectivity index (χ4n) is 1.18. The average molecular weight is 195 g/mol. The van der Waals surface area contributed by atoms with Crippen molar-refractivity contribution in [3.05, 3.63) is 0 Å². The molecule has 1 N–H and O–H groups in total. The zero-order valence-corrected chi connectivity index (χ0v) is 7.47. The van der Waals surface area contributed by atoms with Gasteiger partial charge in [0.25, 0.3) is 0 Å². The van der Waals surface area contributed by atoms with E-state index in [-0.39, 0.29) is 10.8 Å². The van der Waals surface area contributed by atoms with Crippen LogP contribution in [-0.4, -0.2) is 23.7 Å². The van der Waals surface area contributed by atoms with Crippen molar-refractivity contribution in [2.45, 2.75) is 32.7 Å². The van der Waals surface area contributed by atoms with Crippen LogP contribution in [0.2, 0.25) is 0 Å². The molecule has 1 heterocycles. The lowest BCUT2D eigenvalue weighted by molar-refractivity contribution is -0.227. The molecular formula is C7H12F3N3. The summed E-state index contributed by atoms with van der Waals surface area (Å²) in [6.07, 6.45) is -3.89. The lowest BCUT2D eigenvalue weighted by Gasteiger charge is -2.26. The minimum Gasteiger partial charge on any atom is -0.286 e. The molecule has 6 heteroatoms. The third kappa shape index (κ3) is 2.50. The second kappa shape index (κ2) is 3.43. The fourth-order valence-corrected chi connectivity index (χ4v) is 1.18. The largest absolute Gasteiger partial charge is 0.487 e. The number of hydrogen-bond acceptors (Lipinski definition) is 3. The maximum Gasteiger partial charge on any atom is 0.487 e. The standard InChI is InChI=1S/C7H12F3N3/c1-5(2)3-6-12-11-4-13(6)7(8,9)10/h4-6,12H,3H2,1-2H3. The van der Waals surface area contributed by atoms with Gasteiger partial charge >= 0.3 is 6.30 Å². The van der Waals surface area contributed by atoms with Crippen molar-refractivity contribution in [1.29, 1.82) is 0 Å². The van der Waals surface area contributed by atoms with Crippen LogP contribution in [0.5, 0.6) is 0 Å². The predicted molar refractivity (Wildman–Crippen MR) is 42.8 cm³/mol. The maximum atomic E-state index is 12.3. The van der Waals surface area contributed by atoms with Crippen LogP contribution in [0.3, 0.4) is 0 Å². The third-order valence-corrected chi connectivity index (χ3v) is 1.73. The molecule has 0 aromatic rings. The van der Waals surface area contributed by atoms with E-state index < -0.39 is 12.5 Å². The molecule has 3 nitrogen and oxygen atoms in total. The van der Waals surface area contributed by atoms with Gasteiger partial charge in [0, 0.05) is 0 Å². The highest BCUT2D eigenvalue weighted by molar-refractivity contribution is 5.57. The summed E-state index contributed by atoms with van der Waals surface area (Å²) in [5.41, 5.74) is 2.42.